The molecule has 0 unspecified atom stereocenters. The molecule has 0 saturated heterocycles. The lowest BCUT2D eigenvalue weighted by atomic mass is 10.1. The molecule has 1 aliphatic rings. The van der Waals surface area contributed by atoms with Crippen LogP contribution in [0.15, 0.2) is 18.2 Å². The lowest BCUT2D eigenvalue weighted by Crippen LogP contribution is -2.26. The van der Waals surface area contributed by atoms with Gasteiger partial charge in [-0.2, -0.15) is 0 Å². The van der Waals surface area contributed by atoms with Gasteiger partial charge >= 0.3 is 5.97 Å². The summed E-state index contributed by atoms with van der Waals surface area (Å²) in [5.74, 6) is -0.968. The monoisotopic (exact) mass is 213 g/mol. The van der Waals surface area contributed by atoms with E-state index in [-0.39, 0.29) is 5.56 Å². The molecule has 0 bridgehead atoms. The second-order valence-corrected chi connectivity index (χ2v) is 3.46. The van der Waals surface area contributed by atoms with Gasteiger partial charge in [0.1, 0.15) is 6.04 Å². The van der Waals surface area contributed by atoms with Gasteiger partial charge in [0.15, 0.2) is 0 Å². The van der Waals surface area contributed by atoms with Crippen LogP contribution in [0.1, 0.15) is 17.6 Å². The highest BCUT2D eigenvalue weighted by atomic mass is 19.3. The zero-order valence-electron chi connectivity index (χ0n) is 7.71. The van der Waals surface area contributed by atoms with Crippen molar-refractivity contribution in [3.05, 3.63) is 29.3 Å². The Morgan fingerprint density at radius 3 is 2.87 bits per heavy atom. The molecule has 0 spiro atoms. The summed E-state index contributed by atoms with van der Waals surface area (Å²) in [5, 5.41) is 11.4. The molecule has 3 nitrogen and oxygen atoms in total. The average molecular weight is 213 g/mol. The predicted octanol–water partition coefficient (Wildman–Crippen LogP) is 2.05. The molecule has 80 valence electrons. The molecule has 0 fully saturated rings. The van der Waals surface area contributed by atoms with Crippen molar-refractivity contribution < 1.29 is 18.7 Å². The van der Waals surface area contributed by atoms with E-state index in [1.54, 1.807) is 6.07 Å². The number of benzene rings is 1. The predicted molar refractivity (Wildman–Crippen MR) is 50.1 cm³/mol. The first-order valence-corrected chi connectivity index (χ1v) is 4.48. The smallest absolute Gasteiger partial charge is 0.326 e. The van der Waals surface area contributed by atoms with Gasteiger partial charge in [0.05, 0.1) is 0 Å². The standard InChI is InChI=1S/C10H9F2NO2/c11-9(12)6-2-1-5-3-8(10(14)15)13-7(5)4-6/h1-2,4,8-9,13H,3H2,(H,14,15)/t8-/m1/s1. The van der Waals surface area contributed by atoms with Crippen molar-refractivity contribution in [2.45, 2.75) is 18.9 Å². The number of hydrogen-bond acceptors (Lipinski definition) is 2. The molecule has 1 aromatic rings. The summed E-state index contributed by atoms with van der Waals surface area (Å²) < 4.78 is 24.7. The van der Waals surface area contributed by atoms with Crippen LogP contribution in [-0.2, 0) is 11.2 Å². The van der Waals surface area contributed by atoms with Gasteiger partial charge in [-0.25, -0.2) is 13.6 Å². The van der Waals surface area contributed by atoms with E-state index in [1.807, 2.05) is 0 Å². The summed E-state index contributed by atoms with van der Waals surface area (Å²) >= 11 is 0. The maximum absolute atomic E-state index is 12.3. The number of carboxylic acids is 1. The van der Waals surface area contributed by atoms with E-state index < -0.39 is 18.4 Å². The Morgan fingerprint density at radius 2 is 2.27 bits per heavy atom. The van der Waals surface area contributed by atoms with Crippen LogP contribution in [0.2, 0.25) is 0 Å². The fraction of sp³-hybridized carbons (Fsp3) is 0.300. The molecular weight excluding hydrogens is 204 g/mol. The fourth-order valence-electron chi connectivity index (χ4n) is 1.65. The number of nitrogens with one attached hydrogen (secondary N) is 1. The minimum absolute atomic E-state index is 0.0905. The second-order valence-electron chi connectivity index (χ2n) is 3.46. The topological polar surface area (TPSA) is 49.3 Å². The molecular formula is C10H9F2NO2. The van der Waals surface area contributed by atoms with Crippen molar-refractivity contribution in [1.29, 1.82) is 0 Å². The van der Waals surface area contributed by atoms with Crippen molar-refractivity contribution in [3.63, 3.8) is 0 Å². The van der Waals surface area contributed by atoms with Gasteiger partial charge in [-0.1, -0.05) is 12.1 Å². The number of alkyl halides is 2. The highest BCUT2D eigenvalue weighted by molar-refractivity contribution is 5.81. The lowest BCUT2D eigenvalue weighted by molar-refractivity contribution is -0.137. The average Bonchev–Trinajstić information content (AvgIpc) is 2.59. The molecule has 0 aliphatic carbocycles. The highest BCUT2D eigenvalue weighted by Gasteiger charge is 2.26. The molecule has 0 aromatic heterocycles. The van der Waals surface area contributed by atoms with E-state index in [4.69, 9.17) is 5.11 Å². The third-order valence-electron chi connectivity index (χ3n) is 2.44. The Labute approximate surface area is 84.7 Å². The van der Waals surface area contributed by atoms with Gasteiger partial charge in [0, 0.05) is 17.7 Å². The first-order chi connectivity index (χ1) is 7.08. The Bertz CT molecular complexity index is 406. The molecule has 2 rings (SSSR count). The molecule has 1 aromatic carbocycles. The zero-order chi connectivity index (χ0) is 11.0. The number of hydrogen-bond donors (Lipinski definition) is 2. The summed E-state index contributed by atoms with van der Waals surface area (Å²) in [6.45, 7) is 0. The Kier molecular flexibility index (Phi) is 2.30. The van der Waals surface area contributed by atoms with E-state index in [9.17, 15) is 13.6 Å². The van der Waals surface area contributed by atoms with Crippen molar-refractivity contribution in [2.24, 2.45) is 0 Å². The van der Waals surface area contributed by atoms with Crippen molar-refractivity contribution >= 4 is 11.7 Å². The maximum Gasteiger partial charge on any atom is 0.326 e. The molecule has 5 heteroatoms. The molecule has 1 atom stereocenters. The number of carbonyl (C=O) groups is 1. The summed E-state index contributed by atoms with van der Waals surface area (Å²) in [6, 6.07) is 3.48. The minimum atomic E-state index is -2.53. The van der Waals surface area contributed by atoms with E-state index in [1.165, 1.54) is 12.1 Å². The molecule has 1 aliphatic heterocycles. The van der Waals surface area contributed by atoms with Crippen LogP contribution >= 0.6 is 0 Å². The highest BCUT2D eigenvalue weighted by Crippen LogP contribution is 2.30. The molecule has 0 saturated carbocycles. The second kappa shape index (κ2) is 3.49. The van der Waals surface area contributed by atoms with Crippen LogP contribution in [0.3, 0.4) is 0 Å². The van der Waals surface area contributed by atoms with Crippen LogP contribution in [0.5, 0.6) is 0 Å². The molecule has 15 heavy (non-hydrogen) atoms. The number of anilines is 1. The minimum Gasteiger partial charge on any atom is -0.480 e. The van der Waals surface area contributed by atoms with Crippen LogP contribution in [0, 0.1) is 0 Å². The van der Waals surface area contributed by atoms with Crippen LogP contribution < -0.4 is 5.32 Å². The Morgan fingerprint density at radius 1 is 1.53 bits per heavy atom. The third-order valence-corrected chi connectivity index (χ3v) is 2.44. The number of halogens is 2. The number of carboxylic acid groups (broad SMARTS) is 1. The number of aliphatic carboxylic acids is 1. The summed E-state index contributed by atoms with van der Waals surface area (Å²) in [7, 11) is 0. The number of rotatable bonds is 2. The van der Waals surface area contributed by atoms with Crippen LogP contribution in [0.25, 0.3) is 0 Å². The summed E-state index contributed by atoms with van der Waals surface area (Å²) in [6.07, 6.45) is -2.19. The zero-order valence-corrected chi connectivity index (χ0v) is 7.71. The van der Waals surface area contributed by atoms with Crippen molar-refractivity contribution in [3.8, 4) is 0 Å². The summed E-state index contributed by atoms with van der Waals surface area (Å²) in [5.41, 5.74) is 1.18. The summed E-state index contributed by atoms with van der Waals surface area (Å²) in [4.78, 5) is 10.7. The van der Waals surface area contributed by atoms with Crippen molar-refractivity contribution in [2.75, 3.05) is 5.32 Å². The largest absolute Gasteiger partial charge is 0.480 e. The quantitative estimate of drug-likeness (QED) is 0.790. The van der Waals surface area contributed by atoms with E-state index in [0.717, 1.165) is 5.56 Å². The molecule has 0 radical (unpaired) electrons. The third kappa shape index (κ3) is 1.77. The van der Waals surface area contributed by atoms with E-state index in [0.29, 0.717) is 12.1 Å². The Hall–Kier alpha value is -1.65. The molecule has 2 N–H and O–H groups in total. The fourth-order valence-corrected chi connectivity index (χ4v) is 1.65. The van der Waals surface area contributed by atoms with Gasteiger partial charge in [0.2, 0.25) is 0 Å². The number of fused-ring (bicyclic) bond motifs is 1. The van der Waals surface area contributed by atoms with Gasteiger partial charge in [-0.3, -0.25) is 0 Å². The first kappa shape index (κ1) is 9.89. The lowest BCUT2D eigenvalue weighted by Gasteiger charge is -2.05. The van der Waals surface area contributed by atoms with E-state index >= 15 is 0 Å². The first-order valence-electron chi connectivity index (χ1n) is 4.48. The molecule has 0 amide bonds. The Balaban J connectivity index is 2.27. The molecule has 1 heterocycles. The maximum atomic E-state index is 12.3. The van der Waals surface area contributed by atoms with Gasteiger partial charge in [0.25, 0.3) is 6.43 Å². The van der Waals surface area contributed by atoms with Gasteiger partial charge in [-0.15, -0.1) is 0 Å². The van der Waals surface area contributed by atoms with Gasteiger partial charge in [-0.05, 0) is 11.6 Å². The SMILES string of the molecule is O=C(O)[C@H]1Cc2ccc(C(F)F)cc2N1. The van der Waals surface area contributed by atoms with Crippen molar-refractivity contribution in [1.82, 2.24) is 0 Å². The van der Waals surface area contributed by atoms with Gasteiger partial charge < -0.3 is 10.4 Å². The van der Waals surface area contributed by atoms with Crippen LogP contribution in [-0.4, -0.2) is 17.1 Å². The van der Waals surface area contributed by atoms with E-state index in [2.05, 4.69) is 5.32 Å². The normalized spacial score (nSPS) is 18.7. The van der Waals surface area contributed by atoms with Crippen LogP contribution in [0.4, 0.5) is 14.5 Å².